The third-order valence-electron chi connectivity index (χ3n) is 10.7. The van der Waals surface area contributed by atoms with Gasteiger partial charge in [-0.3, -0.25) is 24.6 Å². The van der Waals surface area contributed by atoms with Gasteiger partial charge in [0.25, 0.3) is 11.8 Å². The van der Waals surface area contributed by atoms with Crippen molar-refractivity contribution in [1.29, 1.82) is 5.41 Å². The van der Waals surface area contributed by atoms with Gasteiger partial charge in [-0.2, -0.15) is 0 Å². The first-order valence-electron chi connectivity index (χ1n) is 15.8. The molecule has 0 saturated carbocycles. The SMILES string of the molecule is N=C(Cc1ccccc1Cl)C(=O)N1CCC[C@]12C=C[C@@H]1CC[C@@H](C(=O)N3CC[C@@H]4C=C[C@H]5CC[C@@H](C(=O)O)N5C(=O)[C@H]43)N1C2=O. The monoisotopic (exact) mass is 633 g/mol. The van der Waals surface area contributed by atoms with Gasteiger partial charge in [-0.25, -0.2) is 4.79 Å². The third kappa shape index (κ3) is 4.61. The van der Waals surface area contributed by atoms with E-state index in [1.54, 1.807) is 40.1 Å². The van der Waals surface area contributed by atoms with Gasteiger partial charge in [0.2, 0.25) is 11.8 Å². The fourth-order valence-corrected chi connectivity index (χ4v) is 8.70. The van der Waals surface area contributed by atoms with Gasteiger partial charge in [0.1, 0.15) is 29.4 Å². The number of carbonyl (C=O) groups is 5. The lowest BCUT2D eigenvalue weighted by Crippen LogP contribution is -2.64. The van der Waals surface area contributed by atoms with E-state index in [1.165, 1.54) is 9.80 Å². The molecule has 0 radical (unpaired) electrons. The predicted octanol–water partition coefficient (Wildman–Crippen LogP) is 2.42. The molecule has 7 rings (SSSR count). The molecule has 4 fully saturated rings. The maximum Gasteiger partial charge on any atom is 0.326 e. The van der Waals surface area contributed by atoms with Crippen molar-refractivity contribution in [2.24, 2.45) is 5.92 Å². The van der Waals surface area contributed by atoms with Crippen LogP contribution in [0.15, 0.2) is 48.6 Å². The maximum absolute atomic E-state index is 14.4. The number of amides is 4. The fourth-order valence-electron chi connectivity index (χ4n) is 8.50. The Morgan fingerprint density at radius 2 is 1.67 bits per heavy atom. The zero-order valence-electron chi connectivity index (χ0n) is 24.8. The molecule has 0 bridgehead atoms. The topological polar surface area (TPSA) is 142 Å². The molecule has 1 aromatic carbocycles. The van der Waals surface area contributed by atoms with E-state index in [4.69, 9.17) is 17.0 Å². The van der Waals surface area contributed by atoms with E-state index >= 15 is 0 Å². The number of halogens is 1. The molecular weight excluding hydrogens is 598 g/mol. The van der Waals surface area contributed by atoms with E-state index in [1.807, 2.05) is 18.2 Å². The summed E-state index contributed by atoms with van der Waals surface area (Å²) in [6.45, 7) is 0.657. The fraction of sp³-hybridized carbons (Fsp3) is 0.515. The number of carboxylic acids is 1. The van der Waals surface area contributed by atoms with Crippen molar-refractivity contribution in [3.05, 3.63) is 59.2 Å². The van der Waals surface area contributed by atoms with Crippen LogP contribution in [0.2, 0.25) is 5.02 Å². The number of carbonyl (C=O) groups excluding carboxylic acids is 4. The molecule has 45 heavy (non-hydrogen) atoms. The lowest BCUT2D eigenvalue weighted by molar-refractivity contribution is -0.157. The first kappa shape index (κ1) is 29.7. The van der Waals surface area contributed by atoms with Gasteiger partial charge in [0.05, 0.1) is 12.1 Å². The summed E-state index contributed by atoms with van der Waals surface area (Å²) >= 11 is 6.28. The summed E-state index contributed by atoms with van der Waals surface area (Å²) in [4.78, 5) is 74.4. The van der Waals surface area contributed by atoms with Crippen LogP contribution in [0.5, 0.6) is 0 Å². The molecule has 7 atom stereocenters. The normalized spacial score (nSPS) is 33.4. The average Bonchev–Trinajstić information content (AvgIpc) is 3.81. The molecular formula is C33H36ClN5O6. The molecule has 0 aliphatic carbocycles. The number of aliphatic carboxylic acids is 1. The van der Waals surface area contributed by atoms with Crippen LogP contribution in [-0.2, 0) is 30.4 Å². The minimum atomic E-state index is -1.28. The van der Waals surface area contributed by atoms with Crippen LogP contribution in [0.25, 0.3) is 0 Å². The highest BCUT2D eigenvalue weighted by Gasteiger charge is 2.58. The average molecular weight is 634 g/mol. The second-order valence-corrected chi connectivity index (χ2v) is 13.4. The number of carboxylic acid groups (broad SMARTS) is 1. The lowest BCUT2D eigenvalue weighted by Gasteiger charge is -2.44. The highest BCUT2D eigenvalue weighted by molar-refractivity contribution is 6.39. The molecule has 236 valence electrons. The molecule has 0 unspecified atom stereocenters. The van der Waals surface area contributed by atoms with Crippen molar-refractivity contribution in [2.75, 3.05) is 13.1 Å². The van der Waals surface area contributed by atoms with E-state index in [0.717, 1.165) is 0 Å². The van der Waals surface area contributed by atoms with E-state index < -0.39 is 35.5 Å². The summed E-state index contributed by atoms with van der Waals surface area (Å²) in [7, 11) is 0. The molecule has 4 amide bonds. The van der Waals surface area contributed by atoms with Gasteiger partial charge < -0.3 is 24.7 Å². The van der Waals surface area contributed by atoms with Crippen molar-refractivity contribution in [3.8, 4) is 0 Å². The Bertz CT molecular complexity index is 1560. The van der Waals surface area contributed by atoms with Crippen LogP contribution < -0.4 is 0 Å². The van der Waals surface area contributed by atoms with Gasteiger partial charge in [0.15, 0.2) is 0 Å². The highest BCUT2D eigenvalue weighted by atomic mass is 35.5. The van der Waals surface area contributed by atoms with E-state index in [0.29, 0.717) is 68.6 Å². The quantitative estimate of drug-likeness (QED) is 0.377. The van der Waals surface area contributed by atoms with Crippen molar-refractivity contribution >= 4 is 46.9 Å². The Morgan fingerprint density at radius 3 is 2.42 bits per heavy atom. The number of fused-ring (bicyclic) bond motifs is 3. The number of benzene rings is 1. The van der Waals surface area contributed by atoms with Crippen LogP contribution in [0, 0.1) is 11.3 Å². The number of nitrogens with one attached hydrogen (secondary N) is 1. The highest BCUT2D eigenvalue weighted by Crippen LogP contribution is 2.43. The second kappa shape index (κ2) is 11.1. The molecule has 6 heterocycles. The number of nitrogens with zero attached hydrogens (tertiary/aromatic N) is 4. The van der Waals surface area contributed by atoms with Crippen LogP contribution in [0.3, 0.4) is 0 Å². The summed E-state index contributed by atoms with van der Waals surface area (Å²) in [5.74, 6) is -2.76. The van der Waals surface area contributed by atoms with Crippen LogP contribution >= 0.6 is 11.6 Å². The zero-order chi connectivity index (χ0) is 31.6. The Morgan fingerprint density at radius 1 is 0.933 bits per heavy atom. The van der Waals surface area contributed by atoms with Gasteiger partial charge in [-0.15, -0.1) is 0 Å². The van der Waals surface area contributed by atoms with Gasteiger partial charge in [-0.05, 0) is 56.6 Å². The molecule has 12 heteroatoms. The summed E-state index contributed by atoms with van der Waals surface area (Å²) in [6, 6.07) is 3.92. The Kier molecular flexibility index (Phi) is 7.34. The number of likely N-dealkylation sites (tertiary alicyclic amines) is 2. The molecule has 0 aromatic heterocycles. The minimum Gasteiger partial charge on any atom is -0.480 e. The number of hydrogen-bond donors (Lipinski definition) is 2. The van der Waals surface area contributed by atoms with Crippen molar-refractivity contribution in [3.63, 3.8) is 0 Å². The van der Waals surface area contributed by atoms with Crippen LogP contribution in [-0.4, -0.2) is 109 Å². The summed E-state index contributed by atoms with van der Waals surface area (Å²) in [5.41, 5.74) is -0.789. The maximum atomic E-state index is 14.4. The van der Waals surface area contributed by atoms with E-state index in [2.05, 4.69) is 0 Å². The number of rotatable bonds is 5. The smallest absolute Gasteiger partial charge is 0.326 e. The van der Waals surface area contributed by atoms with Crippen molar-refractivity contribution < 1.29 is 29.1 Å². The molecule has 11 nitrogen and oxygen atoms in total. The Labute approximate surface area is 266 Å². The van der Waals surface area contributed by atoms with Crippen molar-refractivity contribution in [1.82, 2.24) is 19.6 Å². The predicted molar refractivity (Wildman–Crippen MR) is 163 cm³/mol. The molecule has 2 N–H and O–H groups in total. The van der Waals surface area contributed by atoms with E-state index in [9.17, 15) is 29.1 Å². The minimum absolute atomic E-state index is 0.0387. The molecule has 4 saturated heterocycles. The largest absolute Gasteiger partial charge is 0.480 e. The molecule has 1 aromatic rings. The Hall–Kier alpha value is -3.99. The molecule has 6 aliphatic rings. The van der Waals surface area contributed by atoms with Gasteiger partial charge >= 0.3 is 5.97 Å². The molecule has 6 aliphatic heterocycles. The third-order valence-corrected chi connectivity index (χ3v) is 11.1. The van der Waals surface area contributed by atoms with Gasteiger partial charge in [-0.1, -0.05) is 54.1 Å². The van der Waals surface area contributed by atoms with E-state index in [-0.39, 0.29) is 47.9 Å². The van der Waals surface area contributed by atoms with Crippen molar-refractivity contribution in [2.45, 2.75) is 87.1 Å². The standard InChI is InChI=1S/C33H36ClN5O6/c34-23-5-2-1-4-20(23)18-24(35)28(40)37-16-3-14-33(37)15-12-22-8-10-25(39(22)32(33)45)29(41)36-17-13-19-6-7-21-9-11-26(31(43)44)38(21)30(42)27(19)36/h1-2,4-7,12,15,19,21-22,25-27,35H,3,8-11,13-14,16-18H2,(H,43,44)/t19-,21-,22-,25-,26-,27-,33+/m0/s1. The van der Waals surface area contributed by atoms with Crippen LogP contribution in [0.4, 0.5) is 0 Å². The van der Waals surface area contributed by atoms with Gasteiger partial charge in [0, 0.05) is 30.5 Å². The molecule has 1 spiro atoms. The summed E-state index contributed by atoms with van der Waals surface area (Å²) in [6.07, 6.45) is 11.1. The first-order valence-corrected chi connectivity index (χ1v) is 16.2. The number of hydrogen-bond acceptors (Lipinski definition) is 6. The summed E-state index contributed by atoms with van der Waals surface area (Å²) in [5, 5.41) is 18.9. The first-order chi connectivity index (χ1) is 21.6. The summed E-state index contributed by atoms with van der Waals surface area (Å²) < 4.78 is 0. The second-order valence-electron chi connectivity index (χ2n) is 13.0. The lowest BCUT2D eigenvalue weighted by atomic mass is 9.88. The Balaban J connectivity index is 1.12. The van der Waals surface area contributed by atoms with Crippen LogP contribution in [0.1, 0.15) is 50.5 Å². The zero-order valence-corrected chi connectivity index (χ0v) is 25.6.